The summed E-state index contributed by atoms with van der Waals surface area (Å²) in [6, 6.07) is -5.56. The summed E-state index contributed by atoms with van der Waals surface area (Å²) >= 11 is 1.96. The minimum absolute atomic E-state index is 0.0884. The zero-order valence-corrected chi connectivity index (χ0v) is 40.0. The number of amides is 4. The second kappa shape index (κ2) is 27.6. The molecule has 0 fully saturated rings. The number of nitrogens with two attached hydrogens (primary N) is 2. The lowest BCUT2D eigenvalue weighted by Crippen LogP contribution is -2.49. The molecule has 0 saturated carbocycles. The molecule has 0 bridgehead atoms. The van der Waals surface area contributed by atoms with E-state index in [1.807, 2.05) is 0 Å². The molecule has 376 valence electrons. The lowest BCUT2D eigenvalue weighted by molar-refractivity contribution is -0.140. The van der Waals surface area contributed by atoms with E-state index in [9.17, 15) is 53.4 Å². The molecule has 0 aliphatic rings. The van der Waals surface area contributed by atoms with E-state index in [1.165, 1.54) is 24.8 Å². The van der Waals surface area contributed by atoms with Crippen LogP contribution >= 0.6 is 23.5 Å². The summed E-state index contributed by atoms with van der Waals surface area (Å²) < 4.78 is 11.8. The number of rotatable bonds is 30. The smallest absolute Gasteiger partial charge is 0.322 e. The number of aromatic nitrogens is 4. The van der Waals surface area contributed by atoms with Gasteiger partial charge in [0.25, 0.3) is 0 Å². The average molecular weight is 997 g/mol. The van der Waals surface area contributed by atoms with Crippen molar-refractivity contribution in [1.29, 1.82) is 0 Å². The lowest BCUT2D eigenvalue weighted by Gasteiger charge is -2.24. The molecule has 27 heteroatoms. The molecule has 0 aliphatic carbocycles. The van der Waals surface area contributed by atoms with Crippen LogP contribution in [-0.2, 0) is 43.2 Å². The molecule has 2 unspecified atom stereocenters. The van der Waals surface area contributed by atoms with E-state index >= 15 is 0 Å². The van der Waals surface area contributed by atoms with Crippen LogP contribution in [0.5, 0.6) is 11.8 Å². The molecule has 6 atom stereocenters. The Hall–Kier alpha value is -6.19. The number of carboxylic acid groups (broad SMARTS) is 4. The van der Waals surface area contributed by atoms with Crippen molar-refractivity contribution < 1.29 is 73.1 Å². The fourth-order valence-electron chi connectivity index (χ4n) is 5.47. The zero-order valence-electron chi connectivity index (χ0n) is 38.4. The monoisotopic (exact) mass is 996 g/mol. The first kappa shape index (κ1) is 57.9. The summed E-state index contributed by atoms with van der Waals surface area (Å²) in [5.74, 6) is -9.60. The molecule has 2 aromatic rings. The van der Waals surface area contributed by atoms with E-state index in [0.717, 1.165) is 23.5 Å². The number of Topliss-reactive ketones (excluding diaryl/α,β-unsaturated/α-hetero) is 1. The van der Waals surface area contributed by atoms with Gasteiger partial charge < -0.3 is 62.6 Å². The number of aliphatic carboxylic acids is 4. The summed E-state index contributed by atoms with van der Waals surface area (Å²) in [7, 11) is 0. The van der Waals surface area contributed by atoms with E-state index in [1.54, 1.807) is 41.5 Å². The number of carbonyl (C=O) groups excluding carboxylic acids is 5. The highest BCUT2D eigenvalue weighted by molar-refractivity contribution is 7.99. The predicted octanol–water partition coefficient (Wildman–Crippen LogP) is -0.0253. The van der Waals surface area contributed by atoms with Crippen molar-refractivity contribution in [1.82, 2.24) is 41.2 Å². The molecule has 2 aromatic heterocycles. The van der Waals surface area contributed by atoms with Crippen molar-refractivity contribution >= 4 is 76.8 Å². The van der Waals surface area contributed by atoms with Gasteiger partial charge in [0.2, 0.25) is 35.4 Å². The molecular weight excluding hydrogens is 937 g/mol. The third-order valence-electron chi connectivity index (χ3n) is 8.63. The Labute approximate surface area is 399 Å². The summed E-state index contributed by atoms with van der Waals surface area (Å²) in [5.41, 5.74) is 10.0. The predicted molar refractivity (Wildman–Crippen MR) is 244 cm³/mol. The van der Waals surface area contributed by atoms with Crippen LogP contribution in [0.3, 0.4) is 0 Å². The van der Waals surface area contributed by atoms with Gasteiger partial charge in [-0.1, -0.05) is 0 Å². The van der Waals surface area contributed by atoms with Crippen LogP contribution in [0.15, 0.2) is 24.8 Å². The summed E-state index contributed by atoms with van der Waals surface area (Å²) in [6.45, 7) is 9.03. The molecular formula is C41H60N10O15S2. The number of ether oxygens (including phenoxy) is 2. The lowest BCUT2D eigenvalue weighted by atomic mass is 10.1. The maximum absolute atomic E-state index is 14.4. The molecule has 2 rings (SSSR count). The van der Waals surface area contributed by atoms with Gasteiger partial charge in [-0.2, -0.15) is 0 Å². The number of carbonyl (C=O) groups is 9. The maximum Gasteiger partial charge on any atom is 0.322 e. The van der Waals surface area contributed by atoms with Gasteiger partial charge in [0, 0.05) is 49.6 Å². The Balaban J connectivity index is 2.59. The minimum Gasteiger partial charge on any atom is -0.480 e. The van der Waals surface area contributed by atoms with Crippen LogP contribution < -0.4 is 42.2 Å². The van der Waals surface area contributed by atoms with Crippen LogP contribution in [0.2, 0.25) is 0 Å². The first-order valence-corrected chi connectivity index (χ1v) is 23.0. The van der Waals surface area contributed by atoms with Gasteiger partial charge in [-0.25, -0.2) is 9.97 Å². The molecule has 0 spiro atoms. The highest BCUT2D eigenvalue weighted by Crippen LogP contribution is 2.37. The number of hydrogen-bond donors (Lipinski definition) is 10. The molecule has 0 aliphatic heterocycles. The van der Waals surface area contributed by atoms with Gasteiger partial charge in [-0.3, -0.25) is 53.1 Å². The van der Waals surface area contributed by atoms with Crippen molar-refractivity contribution in [3.8, 4) is 11.8 Å². The first-order valence-electron chi connectivity index (χ1n) is 20.9. The van der Waals surface area contributed by atoms with Crippen molar-refractivity contribution in [2.75, 3.05) is 24.6 Å². The Morgan fingerprint density at radius 1 is 0.603 bits per heavy atom. The van der Waals surface area contributed by atoms with Crippen molar-refractivity contribution in [3.05, 3.63) is 36.2 Å². The van der Waals surface area contributed by atoms with Gasteiger partial charge in [0.15, 0.2) is 0 Å². The summed E-state index contributed by atoms with van der Waals surface area (Å²) in [5, 5.41) is 44.2. The van der Waals surface area contributed by atoms with E-state index in [0.29, 0.717) is 0 Å². The van der Waals surface area contributed by atoms with E-state index in [-0.39, 0.29) is 60.3 Å². The third-order valence-corrected chi connectivity index (χ3v) is 11.3. The van der Waals surface area contributed by atoms with Crippen molar-refractivity contribution in [2.24, 2.45) is 11.5 Å². The van der Waals surface area contributed by atoms with Gasteiger partial charge in [0.1, 0.15) is 54.2 Å². The number of thioether (sulfide) groups is 2. The zero-order chi connectivity index (χ0) is 51.4. The molecule has 25 nitrogen and oxygen atoms in total. The normalized spacial score (nSPS) is 14.1. The van der Waals surface area contributed by atoms with Crippen molar-refractivity contribution in [2.45, 2.75) is 126 Å². The van der Waals surface area contributed by atoms with Crippen LogP contribution in [0.25, 0.3) is 0 Å². The second-order valence-corrected chi connectivity index (χ2v) is 19.5. The SMILES string of the molecule is CC(C)(C)Oc1cncc(C(CC(=O)CC(SC[C@H](NC(=O)CC[C@H](N)C(=O)O)C(=O)NCC(=O)O)c2cncc(OC(C)(C)C)n2)SC[C@H](NC(=O)CC[C@@H](N)C(=O)O)C(=O)NCC(=O)O)n1. The third kappa shape index (κ3) is 23.5. The maximum atomic E-state index is 14.4. The van der Waals surface area contributed by atoms with Crippen LogP contribution in [0.4, 0.5) is 0 Å². The number of nitrogens with one attached hydrogen (secondary N) is 4. The van der Waals surface area contributed by atoms with E-state index in [4.69, 9.17) is 31.2 Å². The summed E-state index contributed by atoms with van der Waals surface area (Å²) in [6.07, 6.45) is 3.44. The van der Waals surface area contributed by atoms with Crippen molar-refractivity contribution in [3.63, 3.8) is 0 Å². The molecule has 12 N–H and O–H groups in total. The first-order chi connectivity index (χ1) is 31.6. The Kier molecular flexibility index (Phi) is 23.5. The van der Waals surface area contributed by atoms with Gasteiger partial charge in [-0.15, -0.1) is 23.5 Å². The fourth-order valence-corrected chi connectivity index (χ4v) is 7.97. The van der Waals surface area contributed by atoms with Gasteiger partial charge in [0.05, 0.1) is 34.3 Å². The molecule has 4 amide bonds. The van der Waals surface area contributed by atoms with Gasteiger partial charge >= 0.3 is 23.9 Å². The van der Waals surface area contributed by atoms with Crippen LogP contribution in [0.1, 0.15) is 102 Å². The van der Waals surface area contributed by atoms with E-state index < -0.39 is 125 Å². The summed E-state index contributed by atoms with van der Waals surface area (Å²) in [4.78, 5) is 129. The molecule has 2 heterocycles. The minimum atomic E-state index is -1.41. The number of hydrogen-bond acceptors (Lipinski definition) is 19. The quantitative estimate of drug-likeness (QED) is 0.0491. The molecule has 0 aromatic carbocycles. The highest BCUT2D eigenvalue weighted by atomic mass is 32.2. The van der Waals surface area contributed by atoms with Crippen LogP contribution in [-0.4, -0.2) is 154 Å². The topological polar surface area (TPSA) is 405 Å². The Bertz CT molecular complexity index is 1960. The molecule has 0 saturated heterocycles. The number of nitrogens with zero attached hydrogens (tertiary/aromatic N) is 4. The fraction of sp³-hybridized carbons (Fsp3) is 0.585. The Morgan fingerprint density at radius 2 is 0.956 bits per heavy atom. The second-order valence-electron chi connectivity index (χ2n) is 17.0. The number of carboxylic acids is 4. The van der Waals surface area contributed by atoms with E-state index in [2.05, 4.69) is 41.2 Å². The largest absolute Gasteiger partial charge is 0.480 e. The standard InChI is InChI=1S/C41H60N10O15S2/c1-40(2,3)65-32-15-44-13-24(50-32)28(67-19-26(36(59)46-17-34(55)56)48-30(53)9-7-22(42)38(61)62)11-21(52)12-29(25-14-45-16-33(51-25)66-41(4,5)6)68-20-27(37(60)47-18-35(57)58)49-31(54)10-8-23(43)39(63)64/h13-16,22-23,26-29H,7-12,17-20,42-43H2,1-6H3,(H,46,59)(H,47,60)(H,48,53)(H,49,54)(H,55,56)(H,57,58)(H,61,62)(H,63,64)/t22-,23+,26-,27-,28?,29?/m0/s1. The Morgan fingerprint density at radius 3 is 1.26 bits per heavy atom. The molecule has 0 radical (unpaired) electrons. The molecule has 68 heavy (non-hydrogen) atoms. The average Bonchev–Trinajstić information content (AvgIpc) is 3.23. The highest BCUT2D eigenvalue weighted by Gasteiger charge is 2.31. The number of ketones is 1. The van der Waals surface area contributed by atoms with Crippen LogP contribution in [0, 0.1) is 0 Å². The van der Waals surface area contributed by atoms with Gasteiger partial charge in [-0.05, 0) is 54.4 Å².